The van der Waals surface area contributed by atoms with Gasteiger partial charge < -0.3 is 5.11 Å². The maximum Gasteiger partial charge on any atom is 0.310 e. The molecule has 30 heavy (non-hydrogen) atoms. The number of nitro groups is 1. The Hall–Kier alpha value is -2.42. The molecule has 0 saturated heterocycles. The molecular formula is C22H15Br2NO4S. The van der Waals surface area contributed by atoms with Gasteiger partial charge in [0.25, 0.3) is 0 Å². The summed E-state index contributed by atoms with van der Waals surface area (Å²) in [6.45, 7) is 0. The predicted molar refractivity (Wildman–Crippen MR) is 127 cm³/mol. The number of nitrogens with zero attached hydrogens (tertiary/aromatic N) is 1. The van der Waals surface area contributed by atoms with Crippen LogP contribution in [0.4, 0.5) is 5.69 Å². The number of halogens is 2. The topological polar surface area (TPSA) is 80.4 Å². The predicted octanol–water partition coefficient (Wildman–Crippen LogP) is 6.98. The summed E-state index contributed by atoms with van der Waals surface area (Å²) in [5, 5.41) is 20.8. The van der Waals surface area contributed by atoms with E-state index < -0.39 is 10.7 Å². The molecule has 0 aromatic heterocycles. The average molecular weight is 549 g/mol. The van der Waals surface area contributed by atoms with Gasteiger partial charge in [0.15, 0.2) is 11.5 Å². The van der Waals surface area contributed by atoms with Gasteiger partial charge in [-0.1, -0.05) is 44.0 Å². The molecular weight excluding hydrogens is 534 g/mol. The summed E-state index contributed by atoms with van der Waals surface area (Å²) in [4.78, 5) is 23.8. The van der Waals surface area contributed by atoms with E-state index >= 15 is 0 Å². The third-order valence-corrected chi connectivity index (χ3v) is 6.28. The van der Waals surface area contributed by atoms with Crippen LogP contribution in [-0.4, -0.2) is 15.8 Å². The molecule has 0 radical (unpaired) electrons. The van der Waals surface area contributed by atoms with Gasteiger partial charge in [-0.2, -0.15) is 0 Å². The van der Waals surface area contributed by atoms with E-state index in [1.807, 2.05) is 24.3 Å². The summed E-state index contributed by atoms with van der Waals surface area (Å²) in [5.74, 6) is -0.0371. The minimum atomic E-state index is -0.654. The Morgan fingerprint density at radius 3 is 2.17 bits per heavy atom. The van der Waals surface area contributed by atoms with Gasteiger partial charge in [-0.3, -0.25) is 14.9 Å². The fourth-order valence-electron chi connectivity index (χ4n) is 2.59. The zero-order valence-corrected chi connectivity index (χ0v) is 19.4. The molecule has 0 amide bonds. The van der Waals surface area contributed by atoms with Crippen LogP contribution in [0, 0.1) is 10.1 Å². The number of phenolic OH excluding ortho intramolecular Hbond substituents is 1. The van der Waals surface area contributed by atoms with Crippen molar-refractivity contribution in [1.29, 1.82) is 0 Å². The number of hydrogen-bond acceptors (Lipinski definition) is 5. The highest BCUT2D eigenvalue weighted by molar-refractivity contribution is 9.10. The van der Waals surface area contributed by atoms with Gasteiger partial charge >= 0.3 is 5.69 Å². The molecule has 0 aliphatic carbocycles. The highest BCUT2D eigenvalue weighted by Crippen LogP contribution is 2.31. The number of rotatable bonds is 7. The SMILES string of the molecule is O=C(/C(=C\c1ccc([N+](=O)[O-])c(O)c1)SCc1ccc(Br)cc1)c1ccc(Br)cc1. The number of carbonyl (C=O) groups excluding carboxylic acids is 1. The van der Waals surface area contributed by atoms with Crippen molar-refractivity contribution in [3.05, 3.63) is 107 Å². The van der Waals surface area contributed by atoms with Crippen LogP contribution in [0.3, 0.4) is 0 Å². The molecule has 5 nitrogen and oxygen atoms in total. The highest BCUT2D eigenvalue weighted by atomic mass is 79.9. The Bertz CT molecular complexity index is 1110. The fourth-order valence-corrected chi connectivity index (χ4v) is 4.11. The lowest BCUT2D eigenvalue weighted by atomic mass is 10.1. The third-order valence-electron chi connectivity index (χ3n) is 4.13. The van der Waals surface area contributed by atoms with Crippen LogP contribution in [0.5, 0.6) is 5.75 Å². The molecule has 1 N–H and O–H groups in total. The van der Waals surface area contributed by atoms with Gasteiger partial charge in [-0.15, -0.1) is 11.8 Å². The van der Waals surface area contributed by atoms with Gasteiger partial charge in [0.2, 0.25) is 0 Å². The lowest BCUT2D eigenvalue weighted by molar-refractivity contribution is -0.385. The van der Waals surface area contributed by atoms with Crippen LogP contribution in [0.1, 0.15) is 21.5 Å². The van der Waals surface area contributed by atoms with E-state index in [-0.39, 0.29) is 11.5 Å². The van der Waals surface area contributed by atoms with E-state index in [0.29, 0.717) is 21.8 Å². The number of nitro benzene ring substituents is 1. The second kappa shape index (κ2) is 10.1. The second-order valence-corrected chi connectivity index (χ2v) is 9.11. The number of hydrogen-bond donors (Lipinski definition) is 1. The zero-order chi connectivity index (χ0) is 21.7. The minimum absolute atomic E-state index is 0.164. The standard InChI is InChI=1S/C22H15Br2NO4S/c23-17-6-1-14(2-7-17)13-30-21(22(27)16-4-8-18(24)9-5-16)12-15-3-10-19(25(28)29)20(26)11-15/h1-12,26H,13H2/b21-12+. The Morgan fingerprint density at radius 1 is 1.00 bits per heavy atom. The number of thioether (sulfide) groups is 1. The van der Waals surface area contributed by atoms with Crippen LogP contribution < -0.4 is 0 Å². The van der Waals surface area contributed by atoms with Gasteiger partial charge in [0, 0.05) is 26.3 Å². The molecule has 152 valence electrons. The van der Waals surface area contributed by atoms with E-state index in [1.165, 1.54) is 30.0 Å². The van der Waals surface area contributed by atoms with Crippen LogP contribution in [0.2, 0.25) is 0 Å². The van der Waals surface area contributed by atoms with Crippen molar-refractivity contribution >= 4 is 61.2 Å². The van der Waals surface area contributed by atoms with Crippen LogP contribution in [0.15, 0.2) is 80.6 Å². The lowest BCUT2D eigenvalue weighted by Crippen LogP contribution is -2.01. The molecule has 0 heterocycles. The first kappa shape index (κ1) is 22.3. The van der Waals surface area contributed by atoms with Gasteiger partial charge in [-0.05, 0) is 65.7 Å². The number of benzene rings is 3. The fraction of sp³-hybridized carbons (Fsp3) is 0.0455. The maximum absolute atomic E-state index is 13.1. The van der Waals surface area contributed by atoms with Crippen molar-refractivity contribution in [2.24, 2.45) is 0 Å². The molecule has 0 aliphatic heterocycles. The van der Waals surface area contributed by atoms with Gasteiger partial charge in [-0.25, -0.2) is 0 Å². The first-order valence-electron chi connectivity index (χ1n) is 8.70. The molecule has 0 fully saturated rings. The van der Waals surface area contributed by atoms with Crippen LogP contribution >= 0.6 is 43.6 Å². The molecule has 0 bridgehead atoms. The van der Waals surface area contributed by atoms with Gasteiger partial charge in [0.1, 0.15) is 0 Å². The third kappa shape index (κ3) is 5.81. The zero-order valence-electron chi connectivity index (χ0n) is 15.4. The first-order valence-corrected chi connectivity index (χ1v) is 11.3. The molecule has 0 atom stereocenters. The Morgan fingerprint density at radius 2 is 1.60 bits per heavy atom. The highest BCUT2D eigenvalue weighted by Gasteiger charge is 2.16. The number of Topliss-reactive ketones (excluding diaryl/α,β-unsaturated/α-hetero) is 1. The van der Waals surface area contributed by atoms with Crippen molar-refractivity contribution in [3.63, 3.8) is 0 Å². The Labute approximate surface area is 194 Å². The van der Waals surface area contributed by atoms with E-state index in [2.05, 4.69) is 31.9 Å². The number of allylic oxidation sites excluding steroid dienone is 1. The normalized spacial score (nSPS) is 11.3. The molecule has 3 rings (SSSR count). The van der Waals surface area contributed by atoms with Crippen molar-refractivity contribution in [2.75, 3.05) is 0 Å². The Kier molecular flexibility index (Phi) is 7.47. The average Bonchev–Trinajstić information content (AvgIpc) is 2.72. The summed E-state index contributed by atoms with van der Waals surface area (Å²) in [6, 6.07) is 18.9. The van der Waals surface area contributed by atoms with E-state index in [9.17, 15) is 20.0 Å². The maximum atomic E-state index is 13.1. The largest absolute Gasteiger partial charge is 0.502 e. The monoisotopic (exact) mass is 547 g/mol. The summed E-state index contributed by atoms with van der Waals surface area (Å²) in [7, 11) is 0. The summed E-state index contributed by atoms with van der Waals surface area (Å²) in [6.07, 6.45) is 1.64. The number of aromatic hydroxyl groups is 1. The van der Waals surface area contributed by atoms with Crippen molar-refractivity contribution < 1.29 is 14.8 Å². The van der Waals surface area contributed by atoms with Crippen molar-refractivity contribution in [2.45, 2.75) is 5.75 Å². The minimum Gasteiger partial charge on any atom is -0.502 e. The molecule has 0 unspecified atom stereocenters. The molecule has 8 heteroatoms. The first-order chi connectivity index (χ1) is 14.3. The molecule has 0 spiro atoms. The quantitative estimate of drug-likeness (QED) is 0.149. The summed E-state index contributed by atoms with van der Waals surface area (Å²) >= 11 is 8.13. The van der Waals surface area contributed by atoms with E-state index in [4.69, 9.17) is 0 Å². The van der Waals surface area contributed by atoms with E-state index in [0.717, 1.165) is 14.5 Å². The van der Waals surface area contributed by atoms with Crippen LogP contribution in [-0.2, 0) is 5.75 Å². The van der Waals surface area contributed by atoms with Crippen molar-refractivity contribution in [1.82, 2.24) is 0 Å². The lowest BCUT2D eigenvalue weighted by Gasteiger charge is -2.08. The molecule has 0 aliphatic rings. The Balaban J connectivity index is 1.93. The van der Waals surface area contributed by atoms with Crippen LogP contribution in [0.25, 0.3) is 6.08 Å². The number of carbonyl (C=O) groups is 1. The van der Waals surface area contributed by atoms with E-state index in [1.54, 1.807) is 30.3 Å². The number of ketones is 1. The summed E-state index contributed by atoms with van der Waals surface area (Å²) in [5.41, 5.74) is 1.69. The van der Waals surface area contributed by atoms with Crippen molar-refractivity contribution in [3.8, 4) is 5.75 Å². The number of phenols is 1. The second-order valence-electron chi connectivity index (χ2n) is 6.27. The van der Waals surface area contributed by atoms with Gasteiger partial charge in [0.05, 0.1) is 9.83 Å². The molecule has 0 saturated carbocycles. The molecule has 3 aromatic carbocycles. The summed E-state index contributed by atoms with van der Waals surface area (Å²) < 4.78 is 1.84. The molecule has 3 aromatic rings. The smallest absolute Gasteiger partial charge is 0.310 e.